The molecule has 5 nitrogen and oxygen atoms in total. The Morgan fingerprint density at radius 2 is 2.00 bits per heavy atom. The molecule has 0 saturated carbocycles. The second-order valence-corrected chi connectivity index (χ2v) is 4.38. The molecule has 0 radical (unpaired) electrons. The molecular weight excluding hydrogens is 270 g/mol. The van der Waals surface area contributed by atoms with Crippen LogP contribution in [0, 0.1) is 0 Å². The normalized spacial score (nSPS) is 10.0. The Morgan fingerprint density at radius 3 is 2.67 bits per heavy atom. The van der Waals surface area contributed by atoms with Gasteiger partial charge in [-0.3, -0.25) is 4.79 Å². The second kappa shape index (κ2) is 6.74. The smallest absolute Gasteiger partial charge is 0.219 e. The fourth-order valence-electron chi connectivity index (χ4n) is 1.91. The number of ether oxygens (including phenoxy) is 3. The molecule has 0 aliphatic rings. The van der Waals surface area contributed by atoms with Crippen molar-refractivity contribution in [3.8, 4) is 17.4 Å². The minimum atomic E-state index is -0.0641. The van der Waals surface area contributed by atoms with Crippen LogP contribution in [0.15, 0.2) is 36.5 Å². The molecule has 0 amide bonds. The monoisotopic (exact) mass is 287 g/mol. The van der Waals surface area contributed by atoms with Crippen LogP contribution in [0.4, 0.5) is 0 Å². The van der Waals surface area contributed by atoms with Crippen molar-refractivity contribution >= 4 is 5.78 Å². The third-order valence-corrected chi connectivity index (χ3v) is 2.99. The van der Waals surface area contributed by atoms with Gasteiger partial charge in [0.05, 0.1) is 25.3 Å². The highest BCUT2D eigenvalue weighted by atomic mass is 16.5. The van der Waals surface area contributed by atoms with E-state index in [0.29, 0.717) is 22.9 Å². The first-order valence-electron chi connectivity index (χ1n) is 6.45. The summed E-state index contributed by atoms with van der Waals surface area (Å²) in [5, 5.41) is 0. The lowest BCUT2D eigenvalue weighted by Gasteiger charge is -2.12. The summed E-state index contributed by atoms with van der Waals surface area (Å²) < 4.78 is 16.1. The van der Waals surface area contributed by atoms with Crippen molar-refractivity contribution < 1.29 is 19.0 Å². The van der Waals surface area contributed by atoms with Crippen LogP contribution < -0.4 is 14.2 Å². The van der Waals surface area contributed by atoms with Gasteiger partial charge in [0.2, 0.25) is 5.88 Å². The van der Waals surface area contributed by atoms with Crippen LogP contribution in [0.3, 0.4) is 0 Å². The van der Waals surface area contributed by atoms with Gasteiger partial charge in [-0.15, -0.1) is 0 Å². The van der Waals surface area contributed by atoms with Crippen molar-refractivity contribution in [2.75, 3.05) is 14.2 Å². The molecule has 0 atom stereocenters. The molecule has 0 N–H and O–H groups in total. The molecule has 0 fully saturated rings. The number of carbonyl (C=O) groups excluding carboxylic acids is 1. The first-order valence-corrected chi connectivity index (χ1v) is 6.45. The predicted molar refractivity (Wildman–Crippen MR) is 78.1 cm³/mol. The van der Waals surface area contributed by atoms with E-state index >= 15 is 0 Å². The first-order chi connectivity index (χ1) is 10.2. The van der Waals surface area contributed by atoms with Crippen molar-refractivity contribution in [3.05, 3.63) is 47.7 Å². The highest BCUT2D eigenvalue weighted by molar-refractivity contribution is 5.97. The summed E-state index contributed by atoms with van der Waals surface area (Å²) in [4.78, 5) is 15.7. The highest BCUT2D eigenvalue weighted by Gasteiger charge is 2.11. The van der Waals surface area contributed by atoms with Gasteiger partial charge in [-0.05, 0) is 31.2 Å². The number of pyridine rings is 1. The Hall–Kier alpha value is -2.56. The van der Waals surface area contributed by atoms with Crippen molar-refractivity contribution in [1.82, 2.24) is 4.98 Å². The van der Waals surface area contributed by atoms with Crippen LogP contribution in [-0.4, -0.2) is 25.0 Å². The van der Waals surface area contributed by atoms with Gasteiger partial charge in [0.25, 0.3) is 0 Å². The SMILES string of the molecule is COc1ccc(C(C)=O)c(OCc2cccnc2OC)c1. The van der Waals surface area contributed by atoms with Crippen LogP contribution >= 0.6 is 0 Å². The van der Waals surface area contributed by atoms with Gasteiger partial charge >= 0.3 is 0 Å². The fourth-order valence-corrected chi connectivity index (χ4v) is 1.91. The van der Waals surface area contributed by atoms with E-state index in [4.69, 9.17) is 14.2 Å². The summed E-state index contributed by atoms with van der Waals surface area (Å²) in [5.74, 6) is 1.55. The quantitative estimate of drug-likeness (QED) is 0.765. The number of rotatable bonds is 6. The molecule has 0 unspecified atom stereocenters. The summed E-state index contributed by atoms with van der Waals surface area (Å²) in [6, 6.07) is 8.78. The van der Waals surface area contributed by atoms with Crippen LogP contribution in [0.2, 0.25) is 0 Å². The summed E-state index contributed by atoms with van der Waals surface area (Å²) in [7, 11) is 3.12. The van der Waals surface area contributed by atoms with Crippen molar-refractivity contribution in [1.29, 1.82) is 0 Å². The molecule has 2 aromatic rings. The Morgan fingerprint density at radius 1 is 1.19 bits per heavy atom. The third kappa shape index (κ3) is 3.51. The zero-order valence-corrected chi connectivity index (χ0v) is 12.3. The maximum atomic E-state index is 11.6. The predicted octanol–water partition coefficient (Wildman–Crippen LogP) is 2.88. The van der Waals surface area contributed by atoms with E-state index in [2.05, 4.69) is 4.98 Å². The van der Waals surface area contributed by atoms with E-state index in [1.807, 2.05) is 6.07 Å². The van der Waals surface area contributed by atoms with E-state index in [1.54, 1.807) is 44.7 Å². The first kappa shape index (κ1) is 14.8. The number of hydrogen-bond acceptors (Lipinski definition) is 5. The summed E-state index contributed by atoms with van der Waals surface area (Å²) in [5.41, 5.74) is 1.32. The molecule has 0 spiro atoms. The molecule has 110 valence electrons. The average molecular weight is 287 g/mol. The Bertz CT molecular complexity index is 640. The second-order valence-electron chi connectivity index (χ2n) is 4.38. The molecule has 1 aromatic carbocycles. The zero-order chi connectivity index (χ0) is 15.2. The van der Waals surface area contributed by atoms with Gasteiger partial charge in [0.15, 0.2) is 5.78 Å². The highest BCUT2D eigenvalue weighted by Crippen LogP contribution is 2.27. The molecule has 1 aromatic heterocycles. The van der Waals surface area contributed by atoms with E-state index in [0.717, 1.165) is 5.56 Å². The van der Waals surface area contributed by atoms with Crippen LogP contribution in [0.5, 0.6) is 17.4 Å². The van der Waals surface area contributed by atoms with Gasteiger partial charge < -0.3 is 14.2 Å². The lowest BCUT2D eigenvalue weighted by atomic mass is 10.1. The Balaban J connectivity index is 2.24. The molecule has 0 bridgehead atoms. The average Bonchev–Trinajstić information content (AvgIpc) is 2.52. The number of Topliss-reactive ketones (excluding diaryl/α,β-unsaturated/α-hetero) is 1. The number of carbonyl (C=O) groups is 1. The van der Waals surface area contributed by atoms with Crippen LogP contribution in [0.25, 0.3) is 0 Å². The van der Waals surface area contributed by atoms with Gasteiger partial charge in [-0.1, -0.05) is 0 Å². The maximum Gasteiger partial charge on any atom is 0.219 e. The lowest BCUT2D eigenvalue weighted by molar-refractivity contribution is 0.101. The number of benzene rings is 1. The van der Waals surface area contributed by atoms with Gasteiger partial charge in [0, 0.05) is 12.3 Å². The summed E-state index contributed by atoms with van der Waals surface area (Å²) >= 11 is 0. The summed E-state index contributed by atoms with van der Waals surface area (Å²) in [6.07, 6.45) is 1.65. The van der Waals surface area contributed by atoms with Crippen LogP contribution in [-0.2, 0) is 6.61 Å². The molecule has 0 saturated heterocycles. The lowest BCUT2D eigenvalue weighted by Crippen LogP contribution is -2.04. The Kier molecular flexibility index (Phi) is 4.77. The Labute approximate surface area is 123 Å². The molecule has 0 aliphatic heterocycles. The molecular formula is C16H17NO4. The molecule has 0 aliphatic carbocycles. The zero-order valence-electron chi connectivity index (χ0n) is 12.3. The maximum absolute atomic E-state index is 11.6. The largest absolute Gasteiger partial charge is 0.497 e. The molecule has 21 heavy (non-hydrogen) atoms. The van der Waals surface area contributed by atoms with Gasteiger partial charge in [-0.25, -0.2) is 4.98 Å². The number of methoxy groups -OCH3 is 2. The van der Waals surface area contributed by atoms with Crippen molar-refractivity contribution in [2.45, 2.75) is 13.5 Å². The number of hydrogen-bond donors (Lipinski definition) is 0. The van der Waals surface area contributed by atoms with Gasteiger partial charge in [-0.2, -0.15) is 0 Å². The number of aromatic nitrogens is 1. The van der Waals surface area contributed by atoms with Crippen molar-refractivity contribution in [3.63, 3.8) is 0 Å². The van der Waals surface area contributed by atoms with E-state index in [1.165, 1.54) is 6.92 Å². The third-order valence-electron chi connectivity index (χ3n) is 2.99. The van der Waals surface area contributed by atoms with E-state index < -0.39 is 0 Å². The minimum Gasteiger partial charge on any atom is -0.497 e. The van der Waals surface area contributed by atoms with E-state index in [-0.39, 0.29) is 12.4 Å². The minimum absolute atomic E-state index is 0.0641. The molecule has 5 heteroatoms. The topological polar surface area (TPSA) is 57.7 Å². The summed E-state index contributed by atoms with van der Waals surface area (Å²) in [6.45, 7) is 1.75. The molecule has 2 rings (SSSR count). The van der Waals surface area contributed by atoms with Crippen LogP contribution in [0.1, 0.15) is 22.8 Å². The fraction of sp³-hybridized carbons (Fsp3) is 0.250. The van der Waals surface area contributed by atoms with Crippen molar-refractivity contribution in [2.24, 2.45) is 0 Å². The van der Waals surface area contributed by atoms with Gasteiger partial charge in [0.1, 0.15) is 18.1 Å². The number of nitrogens with zero attached hydrogens (tertiary/aromatic N) is 1. The van der Waals surface area contributed by atoms with E-state index in [9.17, 15) is 4.79 Å². The molecule has 1 heterocycles. The number of ketones is 1. The standard InChI is InChI=1S/C16H17NO4/c1-11(18)14-7-6-13(19-2)9-15(14)21-10-12-5-4-8-17-16(12)20-3/h4-9H,10H2,1-3H3.